The maximum absolute atomic E-state index is 12.5. The molecule has 0 bridgehead atoms. The SMILES string of the molecule is Cc1cc(NC(=O)c2cccc([N+](=O)[O-])c2)nc2c1c(=O)oc1ccccc12. The average Bonchev–Trinajstić information content (AvgIpc) is 2.67. The summed E-state index contributed by atoms with van der Waals surface area (Å²) in [6, 6.07) is 14.0. The molecule has 0 saturated carbocycles. The molecule has 138 valence electrons. The molecule has 28 heavy (non-hydrogen) atoms. The van der Waals surface area contributed by atoms with Crippen molar-refractivity contribution in [3.05, 3.63) is 86.3 Å². The average molecular weight is 375 g/mol. The Bertz CT molecular complexity index is 1330. The number of non-ortho nitro benzene ring substituents is 1. The number of nitro benzene ring substituents is 1. The van der Waals surface area contributed by atoms with E-state index >= 15 is 0 Å². The molecule has 4 aromatic rings. The van der Waals surface area contributed by atoms with Gasteiger partial charge in [0.25, 0.3) is 11.6 Å². The number of aromatic nitrogens is 1. The van der Waals surface area contributed by atoms with Crippen molar-refractivity contribution in [2.75, 3.05) is 5.32 Å². The number of aryl methyl sites for hydroxylation is 1. The van der Waals surface area contributed by atoms with Crippen LogP contribution in [0.2, 0.25) is 0 Å². The molecule has 2 aromatic heterocycles. The predicted molar refractivity (Wildman–Crippen MR) is 104 cm³/mol. The standard InChI is InChI=1S/C20H13N3O5/c1-11-9-16(22-19(24)12-5-4-6-13(10-12)23(26)27)21-18-14-7-2-3-8-15(14)28-20(25)17(11)18/h2-10H,1H3,(H,21,22,24). The molecule has 1 N–H and O–H groups in total. The number of pyridine rings is 1. The van der Waals surface area contributed by atoms with Crippen LogP contribution in [0.15, 0.2) is 63.8 Å². The fourth-order valence-corrected chi connectivity index (χ4v) is 3.04. The lowest BCUT2D eigenvalue weighted by atomic mass is 10.1. The third-order valence-electron chi connectivity index (χ3n) is 4.33. The zero-order chi connectivity index (χ0) is 19.8. The minimum atomic E-state index is -0.569. The molecule has 0 fully saturated rings. The van der Waals surface area contributed by atoms with Gasteiger partial charge in [-0.15, -0.1) is 0 Å². The summed E-state index contributed by atoms with van der Waals surface area (Å²) in [5.41, 5.74) is 0.856. The molecule has 0 unspecified atom stereocenters. The Morgan fingerprint density at radius 2 is 1.93 bits per heavy atom. The number of anilines is 1. The summed E-state index contributed by atoms with van der Waals surface area (Å²) >= 11 is 0. The van der Waals surface area contributed by atoms with Crippen LogP contribution in [0.1, 0.15) is 15.9 Å². The van der Waals surface area contributed by atoms with Crippen LogP contribution < -0.4 is 10.9 Å². The molecular weight excluding hydrogens is 362 g/mol. The Morgan fingerprint density at radius 1 is 1.14 bits per heavy atom. The van der Waals surface area contributed by atoms with Crippen LogP contribution in [0, 0.1) is 17.0 Å². The summed E-state index contributed by atoms with van der Waals surface area (Å²) in [6.07, 6.45) is 0. The molecule has 0 aliphatic heterocycles. The van der Waals surface area contributed by atoms with Crippen molar-refractivity contribution >= 4 is 39.3 Å². The number of nitrogens with one attached hydrogen (secondary N) is 1. The summed E-state index contributed by atoms with van der Waals surface area (Å²) in [5, 5.41) is 14.5. The first kappa shape index (κ1) is 17.3. The minimum Gasteiger partial charge on any atom is -0.422 e. The predicted octanol–water partition coefficient (Wildman–Crippen LogP) is 3.81. The second kappa shape index (κ2) is 6.58. The van der Waals surface area contributed by atoms with Crippen LogP contribution in [0.5, 0.6) is 0 Å². The van der Waals surface area contributed by atoms with E-state index in [2.05, 4.69) is 10.3 Å². The number of hydrogen-bond donors (Lipinski definition) is 1. The van der Waals surface area contributed by atoms with E-state index < -0.39 is 16.5 Å². The van der Waals surface area contributed by atoms with Crippen molar-refractivity contribution in [1.29, 1.82) is 0 Å². The number of nitrogens with zero attached hydrogens (tertiary/aromatic N) is 2. The van der Waals surface area contributed by atoms with Gasteiger partial charge in [0.2, 0.25) is 0 Å². The van der Waals surface area contributed by atoms with Gasteiger partial charge in [0.1, 0.15) is 11.4 Å². The van der Waals surface area contributed by atoms with Crippen LogP contribution in [0.3, 0.4) is 0 Å². The molecule has 0 atom stereocenters. The zero-order valence-corrected chi connectivity index (χ0v) is 14.6. The van der Waals surface area contributed by atoms with Crippen molar-refractivity contribution in [2.45, 2.75) is 6.92 Å². The molecule has 0 spiro atoms. The number of rotatable bonds is 3. The van der Waals surface area contributed by atoms with Gasteiger partial charge in [-0.25, -0.2) is 9.78 Å². The lowest BCUT2D eigenvalue weighted by Gasteiger charge is -2.09. The quantitative estimate of drug-likeness (QED) is 0.252. The van der Waals surface area contributed by atoms with E-state index in [1.165, 1.54) is 24.3 Å². The lowest BCUT2D eigenvalue weighted by Crippen LogP contribution is -2.14. The fraction of sp³-hybridized carbons (Fsp3) is 0.0500. The Balaban J connectivity index is 1.80. The van der Waals surface area contributed by atoms with Gasteiger partial charge in [-0.2, -0.15) is 0 Å². The number of hydrogen-bond acceptors (Lipinski definition) is 6. The van der Waals surface area contributed by atoms with Crippen molar-refractivity contribution in [3.8, 4) is 0 Å². The van der Waals surface area contributed by atoms with Gasteiger partial charge < -0.3 is 9.73 Å². The zero-order valence-electron chi connectivity index (χ0n) is 14.6. The molecule has 0 saturated heterocycles. The highest BCUT2D eigenvalue weighted by Gasteiger charge is 2.15. The normalized spacial score (nSPS) is 10.9. The highest BCUT2D eigenvalue weighted by molar-refractivity contribution is 6.07. The van der Waals surface area contributed by atoms with Crippen molar-refractivity contribution in [3.63, 3.8) is 0 Å². The van der Waals surface area contributed by atoms with E-state index in [0.717, 1.165) is 0 Å². The molecule has 2 heterocycles. The maximum Gasteiger partial charge on any atom is 0.346 e. The summed E-state index contributed by atoms with van der Waals surface area (Å²) in [4.78, 5) is 39.6. The molecular formula is C20H13N3O5. The molecule has 8 nitrogen and oxygen atoms in total. The van der Waals surface area contributed by atoms with Gasteiger partial charge in [-0.1, -0.05) is 18.2 Å². The second-order valence-electron chi connectivity index (χ2n) is 6.20. The lowest BCUT2D eigenvalue weighted by molar-refractivity contribution is -0.384. The molecule has 8 heteroatoms. The number of amides is 1. The molecule has 0 radical (unpaired) electrons. The van der Waals surface area contributed by atoms with Gasteiger partial charge in [-0.05, 0) is 36.8 Å². The highest BCUT2D eigenvalue weighted by atomic mass is 16.6. The number of fused-ring (bicyclic) bond motifs is 3. The monoisotopic (exact) mass is 375 g/mol. The first-order valence-electron chi connectivity index (χ1n) is 8.33. The summed E-state index contributed by atoms with van der Waals surface area (Å²) in [6.45, 7) is 1.72. The Labute approximate surface area is 157 Å². The van der Waals surface area contributed by atoms with E-state index in [-0.39, 0.29) is 17.1 Å². The van der Waals surface area contributed by atoms with E-state index in [1.54, 1.807) is 37.3 Å². The Hall–Kier alpha value is -4.07. The van der Waals surface area contributed by atoms with Crippen LogP contribution in [-0.4, -0.2) is 15.8 Å². The molecule has 1 amide bonds. The number of nitro groups is 1. The number of para-hydroxylation sites is 1. The smallest absolute Gasteiger partial charge is 0.346 e. The van der Waals surface area contributed by atoms with Gasteiger partial charge in [-0.3, -0.25) is 14.9 Å². The van der Waals surface area contributed by atoms with E-state index in [4.69, 9.17) is 4.42 Å². The number of benzene rings is 2. The van der Waals surface area contributed by atoms with E-state index in [1.807, 2.05) is 0 Å². The third kappa shape index (κ3) is 2.96. The van der Waals surface area contributed by atoms with E-state index in [0.29, 0.717) is 27.4 Å². The van der Waals surface area contributed by atoms with E-state index in [9.17, 15) is 19.7 Å². The maximum atomic E-state index is 12.5. The topological polar surface area (TPSA) is 115 Å². The van der Waals surface area contributed by atoms with Gasteiger partial charge >= 0.3 is 5.63 Å². The summed E-state index contributed by atoms with van der Waals surface area (Å²) < 4.78 is 5.33. The third-order valence-corrected chi connectivity index (χ3v) is 4.33. The molecule has 0 aliphatic carbocycles. The summed E-state index contributed by atoms with van der Waals surface area (Å²) in [5.74, 6) is -0.306. The van der Waals surface area contributed by atoms with Crippen LogP contribution >= 0.6 is 0 Å². The number of carbonyl (C=O) groups excluding carboxylic acids is 1. The van der Waals surface area contributed by atoms with Crippen molar-refractivity contribution in [1.82, 2.24) is 4.98 Å². The van der Waals surface area contributed by atoms with Gasteiger partial charge in [0.05, 0.1) is 15.8 Å². The number of carbonyl (C=O) groups is 1. The second-order valence-corrected chi connectivity index (χ2v) is 6.20. The largest absolute Gasteiger partial charge is 0.422 e. The first-order valence-corrected chi connectivity index (χ1v) is 8.33. The minimum absolute atomic E-state index is 0.131. The Morgan fingerprint density at radius 3 is 2.71 bits per heavy atom. The van der Waals surface area contributed by atoms with Crippen molar-refractivity contribution < 1.29 is 14.1 Å². The molecule has 0 aliphatic rings. The van der Waals surface area contributed by atoms with Gasteiger partial charge in [0, 0.05) is 23.1 Å². The molecule has 4 rings (SSSR count). The van der Waals surface area contributed by atoms with Crippen molar-refractivity contribution in [2.24, 2.45) is 0 Å². The fourth-order valence-electron chi connectivity index (χ4n) is 3.04. The van der Waals surface area contributed by atoms with Crippen LogP contribution in [-0.2, 0) is 0 Å². The van der Waals surface area contributed by atoms with Crippen LogP contribution in [0.4, 0.5) is 11.5 Å². The van der Waals surface area contributed by atoms with Gasteiger partial charge in [0.15, 0.2) is 0 Å². The highest BCUT2D eigenvalue weighted by Crippen LogP contribution is 2.25. The molecule has 2 aromatic carbocycles. The summed E-state index contributed by atoms with van der Waals surface area (Å²) in [7, 11) is 0. The van der Waals surface area contributed by atoms with Crippen LogP contribution in [0.25, 0.3) is 21.9 Å². The first-order chi connectivity index (χ1) is 13.4. The Kier molecular flexibility index (Phi) is 4.08.